The molecule has 0 aliphatic carbocycles. The topological polar surface area (TPSA) is 55.2 Å². The van der Waals surface area contributed by atoms with Crippen molar-refractivity contribution in [3.8, 4) is 0 Å². The molecule has 0 spiro atoms. The third kappa shape index (κ3) is 4.66. The molecule has 0 saturated carbocycles. The summed E-state index contributed by atoms with van der Waals surface area (Å²) in [6.45, 7) is 4.24. The molecule has 2 unspecified atom stereocenters. The maximum Gasteiger partial charge on any atom is 0.269 e. The van der Waals surface area contributed by atoms with Gasteiger partial charge in [-0.3, -0.25) is 10.1 Å². The molecule has 0 amide bonds. The predicted octanol–water partition coefficient (Wildman–Crippen LogP) is 3.39. The van der Waals surface area contributed by atoms with Crippen molar-refractivity contribution in [2.75, 3.05) is 12.0 Å². The molecular weight excluding hydrogens is 248 g/mol. The summed E-state index contributed by atoms with van der Waals surface area (Å²) < 4.78 is 0. The average molecular weight is 268 g/mol. The minimum atomic E-state index is -0.372. The summed E-state index contributed by atoms with van der Waals surface area (Å²) >= 11 is 1.84. The number of hydrogen-bond acceptors (Lipinski definition) is 4. The SMILES string of the molecule is CSCCC(C)NC(C)c1ccc([N+](=O)[O-])cc1. The van der Waals surface area contributed by atoms with Crippen molar-refractivity contribution in [1.82, 2.24) is 5.32 Å². The zero-order valence-corrected chi connectivity index (χ0v) is 11.9. The van der Waals surface area contributed by atoms with Gasteiger partial charge in [0.15, 0.2) is 0 Å². The molecule has 0 bridgehead atoms. The van der Waals surface area contributed by atoms with E-state index in [0.717, 1.165) is 17.7 Å². The van der Waals surface area contributed by atoms with Gasteiger partial charge in [0.05, 0.1) is 4.92 Å². The van der Waals surface area contributed by atoms with Gasteiger partial charge >= 0.3 is 0 Å². The number of benzene rings is 1. The Morgan fingerprint density at radius 2 is 1.94 bits per heavy atom. The monoisotopic (exact) mass is 268 g/mol. The Labute approximate surface area is 112 Å². The number of hydrogen-bond donors (Lipinski definition) is 1. The van der Waals surface area contributed by atoms with Gasteiger partial charge in [-0.25, -0.2) is 0 Å². The smallest absolute Gasteiger partial charge is 0.269 e. The molecule has 4 nitrogen and oxygen atoms in total. The number of nitrogens with one attached hydrogen (secondary N) is 1. The first-order valence-corrected chi connectivity index (χ1v) is 7.43. The third-order valence-electron chi connectivity index (χ3n) is 2.89. The van der Waals surface area contributed by atoms with E-state index in [0.29, 0.717) is 6.04 Å². The fourth-order valence-corrected chi connectivity index (χ4v) is 2.37. The first-order valence-electron chi connectivity index (χ1n) is 6.04. The lowest BCUT2D eigenvalue weighted by Gasteiger charge is -2.20. The van der Waals surface area contributed by atoms with Crippen LogP contribution in [0.4, 0.5) is 5.69 Å². The summed E-state index contributed by atoms with van der Waals surface area (Å²) in [5.74, 6) is 1.14. The summed E-state index contributed by atoms with van der Waals surface area (Å²) in [4.78, 5) is 10.2. The summed E-state index contributed by atoms with van der Waals surface area (Å²) in [5, 5.41) is 14.1. The number of nitro groups is 1. The van der Waals surface area contributed by atoms with Crippen molar-refractivity contribution in [3.63, 3.8) is 0 Å². The first kappa shape index (κ1) is 15.0. The van der Waals surface area contributed by atoms with E-state index in [1.165, 1.54) is 0 Å². The minimum Gasteiger partial charge on any atom is -0.308 e. The van der Waals surface area contributed by atoms with Crippen LogP contribution >= 0.6 is 11.8 Å². The van der Waals surface area contributed by atoms with Gasteiger partial charge in [0.2, 0.25) is 0 Å². The Hall–Kier alpha value is -1.07. The Kier molecular flexibility index (Phi) is 6.15. The number of nitrogens with zero attached hydrogens (tertiary/aromatic N) is 1. The quantitative estimate of drug-likeness (QED) is 0.608. The van der Waals surface area contributed by atoms with Gasteiger partial charge in [-0.15, -0.1) is 0 Å². The normalized spacial score (nSPS) is 14.2. The minimum absolute atomic E-state index is 0.140. The predicted molar refractivity (Wildman–Crippen MR) is 77.1 cm³/mol. The highest BCUT2D eigenvalue weighted by Gasteiger charge is 2.11. The summed E-state index contributed by atoms with van der Waals surface area (Å²) in [6, 6.07) is 7.40. The highest BCUT2D eigenvalue weighted by atomic mass is 32.2. The molecule has 1 N–H and O–H groups in total. The van der Waals surface area contributed by atoms with Gasteiger partial charge in [0.25, 0.3) is 5.69 Å². The molecule has 0 radical (unpaired) electrons. The van der Waals surface area contributed by atoms with E-state index in [1.54, 1.807) is 12.1 Å². The number of nitro benzene ring substituents is 1. The Morgan fingerprint density at radius 3 is 2.44 bits per heavy atom. The second-order valence-electron chi connectivity index (χ2n) is 4.42. The van der Waals surface area contributed by atoms with Crippen molar-refractivity contribution in [2.24, 2.45) is 0 Å². The zero-order chi connectivity index (χ0) is 13.5. The van der Waals surface area contributed by atoms with Gasteiger partial charge in [-0.1, -0.05) is 12.1 Å². The third-order valence-corrected chi connectivity index (χ3v) is 3.54. The van der Waals surface area contributed by atoms with E-state index in [1.807, 2.05) is 23.9 Å². The van der Waals surface area contributed by atoms with E-state index in [-0.39, 0.29) is 16.7 Å². The van der Waals surface area contributed by atoms with E-state index >= 15 is 0 Å². The fraction of sp³-hybridized carbons (Fsp3) is 0.538. The van der Waals surface area contributed by atoms with Crippen LogP contribution < -0.4 is 5.32 Å². The average Bonchev–Trinajstić information content (AvgIpc) is 2.36. The lowest BCUT2D eigenvalue weighted by atomic mass is 10.1. The van der Waals surface area contributed by atoms with E-state index in [9.17, 15) is 10.1 Å². The highest BCUT2D eigenvalue weighted by Crippen LogP contribution is 2.18. The molecule has 1 rings (SSSR count). The lowest BCUT2D eigenvalue weighted by Crippen LogP contribution is -2.29. The molecule has 0 heterocycles. The van der Waals surface area contributed by atoms with Crippen molar-refractivity contribution in [1.29, 1.82) is 0 Å². The Morgan fingerprint density at radius 1 is 1.33 bits per heavy atom. The van der Waals surface area contributed by atoms with Crippen LogP contribution in [0, 0.1) is 10.1 Å². The molecule has 0 aromatic heterocycles. The molecule has 0 aliphatic rings. The van der Waals surface area contributed by atoms with Crippen molar-refractivity contribution in [3.05, 3.63) is 39.9 Å². The Bertz CT molecular complexity index is 381. The summed E-state index contributed by atoms with van der Waals surface area (Å²) in [7, 11) is 0. The van der Waals surface area contributed by atoms with Crippen LogP contribution in [0.25, 0.3) is 0 Å². The lowest BCUT2D eigenvalue weighted by molar-refractivity contribution is -0.384. The molecule has 18 heavy (non-hydrogen) atoms. The zero-order valence-electron chi connectivity index (χ0n) is 11.1. The molecule has 2 atom stereocenters. The molecule has 0 fully saturated rings. The largest absolute Gasteiger partial charge is 0.308 e. The standard InChI is InChI=1S/C13H20N2O2S/c1-10(8-9-18-3)14-11(2)12-4-6-13(7-5-12)15(16)17/h4-7,10-11,14H,8-9H2,1-3H3. The highest BCUT2D eigenvalue weighted by molar-refractivity contribution is 7.98. The van der Waals surface area contributed by atoms with Crippen LogP contribution in [0.3, 0.4) is 0 Å². The van der Waals surface area contributed by atoms with Crippen molar-refractivity contribution >= 4 is 17.4 Å². The van der Waals surface area contributed by atoms with Gasteiger partial charge in [0, 0.05) is 24.2 Å². The maximum absolute atomic E-state index is 10.6. The second kappa shape index (κ2) is 7.38. The molecule has 100 valence electrons. The van der Waals surface area contributed by atoms with E-state index in [2.05, 4.69) is 25.4 Å². The molecule has 0 aliphatic heterocycles. The first-order chi connectivity index (χ1) is 8.54. The molecule has 1 aromatic carbocycles. The number of rotatable bonds is 7. The van der Waals surface area contributed by atoms with E-state index in [4.69, 9.17) is 0 Å². The maximum atomic E-state index is 10.6. The molecule has 1 aromatic rings. The number of thioether (sulfide) groups is 1. The van der Waals surface area contributed by atoms with Crippen molar-refractivity contribution in [2.45, 2.75) is 32.4 Å². The van der Waals surface area contributed by atoms with Crippen LogP contribution in [-0.4, -0.2) is 23.0 Å². The van der Waals surface area contributed by atoms with Crippen LogP contribution in [0.5, 0.6) is 0 Å². The second-order valence-corrected chi connectivity index (χ2v) is 5.41. The van der Waals surface area contributed by atoms with Gasteiger partial charge < -0.3 is 5.32 Å². The summed E-state index contributed by atoms with van der Waals surface area (Å²) in [5.41, 5.74) is 1.22. The van der Waals surface area contributed by atoms with Crippen molar-refractivity contribution < 1.29 is 4.92 Å². The Balaban J connectivity index is 2.55. The van der Waals surface area contributed by atoms with Crippen LogP contribution in [0.1, 0.15) is 31.9 Å². The van der Waals surface area contributed by atoms with E-state index < -0.39 is 0 Å². The molecular formula is C13H20N2O2S. The van der Waals surface area contributed by atoms with Crippen LogP contribution in [0.2, 0.25) is 0 Å². The molecule has 5 heteroatoms. The number of non-ortho nitro benzene ring substituents is 1. The summed E-state index contributed by atoms with van der Waals surface area (Å²) in [6.07, 6.45) is 3.23. The van der Waals surface area contributed by atoms with Gasteiger partial charge in [-0.2, -0.15) is 11.8 Å². The molecule has 0 saturated heterocycles. The fourth-order valence-electron chi connectivity index (χ4n) is 1.79. The van der Waals surface area contributed by atoms with Crippen LogP contribution in [-0.2, 0) is 0 Å². The van der Waals surface area contributed by atoms with Gasteiger partial charge in [-0.05, 0) is 37.8 Å². The van der Waals surface area contributed by atoms with Crippen LogP contribution in [0.15, 0.2) is 24.3 Å². The van der Waals surface area contributed by atoms with Gasteiger partial charge in [0.1, 0.15) is 0 Å².